The Hall–Kier alpha value is -2.67. The molecule has 0 fully saturated rings. The maximum atomic E-state index is 12.2. The quantitative estimate of drug-likeness (QED) is 0.565. The van der Waals surface area contributed by atoms with Gasteiger partial charge in [0, 0.05) is 11.4 Å². The van der Waals surface area contributed by atoms with E-state index in [4.69, 9.17) is 14.2 Å². The molecule has 0 aromatic heterocycles. The Bertz CT molecular complexity index is 761. The molecule has 6 nitrogen and oxygen atoms in total. The summed E-state index contributed by atoms with van der Waals surface area (Å²) in [6.45, 7) is -0.0193. The molecule has 0 aliphatic carbocycles. The zero-order valence-corrected chi connectivity index (χ0v) is 15.7. The Labute approximate surface area is 156 Å². The van der Waals surface area contributed by atoms with Crippen molar-refractivity contribution >= 4 is 23.6 Å². The number of rotatable bonds is 8. The molecule has 2 aromatic carbocycles. The largest absolute Gasteiger partial charge is 0.497 e. The van der Waals surface area contributed by atoms with Crippen LogP contribution in [0.1, 0.15) is 15.9 Å². The first-order chi connectivity index (χ1) is 12.6. The van der Waals surface area contributed by atoms with Crippen molar-refractivity contribution in [3.05, 3.63) is 53.6 Å². The van der Waals surface area contributed by atoms with Crippen LogP contribution in [-0.4, -0.2) is 39.0 Å². The predicted molar refractivity (Wildman–Crippen MR) is 99.9 cm³/mol. The van der Waals surface area contributed by atoms with Crippen LogP contribution in [0.15, 0.2) is 47.4 Å². The van der Waals surface area contributed by atoms with Gasteiger partial charge in [0.1, 0.15) is 17.1 Å². The van der Waals surface area contributed by atoms with E-state index in [9.17, 15) is 9.59 Å². The van der Waals surface area contributed by atoms with E-state index in [1.54, 1.807) is 25.3 Å². The van der Waals surface area contributed by atoms with Gasteiger partial charge in [0.15, 0.2) is 6.61 Å². The summed E-state index contributed by atoms with van der Waals surface area (Å²) >= 11 is 1.54. The van der Waals surface area contributed by atoms with Gasteiger partial charge < -0.3 is 19.5 Å². The molecule has 0 atom stereocenters. The summed E-state index contributed by atoms with van der Waals surface area (Å²) in [4.78, 5) is 25.0. The van der Waals surface area contributed by atoms with E-state index in [1.165, 1.54) is 18.9 Å². The van der Waals surface area contributed by atoms with Crippen molar-refractivity contribution in [3.8, 4) is 11.5 Å². The van der Waals surface area contributed by atoms with E-state index >= 15 is 0 Å². The fourth-order valence-electron chi connectivity index (χ4n) is 2.17. The first-order valence-corrected chi connectivity index (χ1v) is 9.08. The minimum absolute atomic E-state index is 0.285. The molecule has 0 aliphatic rings. The summed E-state index contributed by atoms with van der Waals surface area (Å²) < 4.78 is 15.4. The van der Waals surface area contributed by atoms with E-state index < -0.39 is 5.97 Å². The third kappa shape index (κ3) is 5.42. The molecule has 26 heavy (non-hydrogen) atoms. The van der Waals surface area contributed by atoms with E-state index in [1.807, 2.05) is 30.5 Å². The average molecular weight is 375 g/mol. The standard InChI is InChI=1S/C19H21NO5S/c1-23-14-6-4-13(5-7-14)11-20-18(21)12-25-19(22)16-9-8-15(26-3)10-17(16)24-2/h4-10H,11-12H2,1-3H3,(H,20,21). The zero-order chi connectivity index (χ0) is 18.9. The first kappa shape index (κ1) is 19.7. The molecule has 2 aromatic rings. The minimum Gasteiger partial charge on any atom is -0.497 e. The summed E-state index contributed by atoms with van der Waals surface area (Å²) in [6, 6.07) is 12.5. The molecule has 0 saturated carbocycles. The van der Waals surface area contributed by atoms with Crippen molar-refractivity contribution in [2.24, 2.45) is 0 Å². The summed E-state index contributed by atoms with van der Waals surface area (Å²) in [6.07, 6.45) is 1.93. The van der Waals surface area contributed by atoms with Gasteiger partial charge >= 0.3 is 5.97 Å². The van der Waals surface area contributed by atoms with Crippen molar-refractivity contribution in [3.63, 3.8) is 0 Å². The molecule has 0 unspecified atom stereocenters. The number of thioether (sulfide) groups is 1. The Kier molecular flexibility index (Phi) is 7.35. The Morgan fingerprint density at radius 1 is 1.04 bits per heavy atom. The van der Waals surface area contributed by atoms with Crippen molar-refractivity contribution in [1.29, 1.82) is 0 Å². The monoisotopic (exact) mass is 375 g/mol. The van der Waals surface area contributed by atoms with Crippen molar-refractivity contribution in [2.45, 2.75) is 11.4 Å². The summed E-state index contributed by atoms with van der Waals surface area (Å²) in [7, 11) is 3.08. The van der Waals surface area contributed by atoms with E-state index in [2.05, 4.69) is 5.32 Å². The van der Waals surface area contributed by atoms with Crippen LogP contribution in [0.2, 0.25) is 0 Å². The average Bonchev–Trinajstić information content (AvgIpc) is 2.70. The first-order valence-electron chi connectivity index (χ1n) is 7.86. The number of hydrogen-bond acceptors (Lipinski definition) is 6. The molecular formula is C19H21NO5S. The molecule has 1 amide bonds. The number of carbonyl (C=O) groups is 2. The number of nitrogens with one attached hydrogen (secondary N) is 1. The van der Waals surface area contributed by atoms with Crippen LogP contribution >= 0.6 is 11.8 Å². The van der Waals surface area contributed by atoms with E-state index in [-0.39, 0.29) is 18.1 Å². The van der Waals surface area contributed by atoms with Crippen molar-refractivity contribution < 1.29 is 23.8 Å². The van der Waals surface area contributed by atoms with Crippen molar-refractivity contribution in [1.82, 2.24) is 5.32 Å². The second kappa shape index (κ2) is 9.72. The van der Waals surface area contributed by atoms with Crippen molar-refractivity contribution in [2.75, 3.05) is 27.1 Å². The molecule has 2 rings (SSSR count). The molecule has 0 radical (unpaired) electrons. The minimum atomic E-state index is -0.603. The number of benzene rings is 2. The van der Waals surface area contributed by atoms with Gasteiger partial charge in [-0.15, -0.1) is 11.8 Å². The van der Waals surface area contributed by atoms with Crippen LogP contribution in [0.25, 0.3) is 0 Å². The summed E-state index contributed by atoms with van der Waals surface area (Å²) in [5.41, 5.74) is 1.20. The molecule has 0 spiro atoms. The van der Waals surface area contributed by atoms with Crippen LogP contribution in [0.4, 0.5) is 0 Å². The van der Waals surface area contributed by atoms with Gasteiger partial charge in [-0.25, -0.2) is 4.79 Å². The number of carbonyl (C=O) groups excluding carboxylic acids is 2. The summed E-state index contributed by atoms with van der Waals surface area (Å²) in [5, 5.41) is 2.70. The van der Waals surface area contributed by atoms with Gasteiger partial charge in [-0.1, -0.05) is 12.1 Å². The smallest absolute Gasteiger partial charge is 0.342 e. The second-order valence-electron chi connectivity index (χ2n) is 5.27. The SMILES string of the molecule is COc1ccc(CNC(=O)COC(=O)c2ccc(SC)cc2OC)cc1. The van der Waals surface area contributed by atoms with Gasteiger partial charge in [0.05, 0.1) is 14.2 Å². The Morgan fingerprint density at radius 2 is 1.77 bits per heavy atom. The molecule has 1 N–H and O–H groups in total. The molecule has 0 aliphatic heterocycles. The molecule has 0 heterocycles. The van der Waals surface area contributed by atoms with Crippen LogP contribution in [-0.2, 0) is 16.1 Å². The highest BCUT2D eigenvalue weighted by molar-refractivity contribution is 7.98. The Morgan fingerprint density at radius 3 is 2.38 bits per heavy atom. The van der Waals surface area contributed by atoms with Gasteiger partial charge in [-0.2, -0.15) is 0 Å². The lowest BCUT2D eigenvalue weighted by atomic mass is 10.2. The molecule has 7 heteroatoms. The fourth-order valence-corrected chi connectivity index (χ4v) is 2.60. The van der Waals surface area contributed by atoms with E-state index in [0.29, 0.717) is 12.3 Å². The maximum Gasteiger partial charge on any atom is 0.342 e. The predicted octanol–water partition coefficient (Wildman–Crippen LogP) is 2.90. The number of methoxy groups -OCH3 is 2. The van der Waals surface area contributed by atoms with Gasteiger partial charge in [0.25, 0.3) is 5.91 Å². The highest BCUT2D eigenvalue weighted by Crippen LogP contribution is 2.25. The van der Waals surface area contributed by atoms with Gasteiger partial charge in [-0.3, -0.25) is 4.79 Å². The third-order valence-corrected chi connectivity index (χ3v) is 4.34. The topological polar surface area (TPSA) is 73.9 Å². The number of ether oxygens (including phenoxy) is 3. The number of amides is 1. The lowest BCUT2D eigenvalue weighted by Crippen LogP contribution is -2.28. The molecule has 0 saturated heterocycles. The number of hydrogen-bond donors (Lipinski definition) is 1. The van der Waals surface area contributed by atoms with Crippen LogP contribution < -0.4 is 14.8 Å². The zero-order valence-electron chi connectivity index (χ0n) is 14.9. The Balaban J connectivity index is 1.85. The second-order valence-corrected chi connectivity index (χ2v) is 6.15. The molecule has 0 bridgehead atoms. The number of esters is 1. The van der Waals surface area contributed by atoms with Gasteiger partial charge in [-0.05, 0) is 42.2 Å². The lowest BCUT2D eigenvalue weighted by molar-refractivity contribution is -0.124. The van der Waals surface area contributed by atoms with E-state index in [0.717, 1.165) is 16.2 Å². The summed E-state index contributed by atoms with van der Waals surface area (Å²) in [5.74, 6) is 0.180. The lowest BCUT2D eigenvalue weighted by Gasteiger charge is -2.10. The maximum absolute atomic E-state index is 12.2. The highest BCUT2D eigenvalue weighted by atomic mass is 32.2. The van der Waals surface area contributed by atoms with Crippen LogP contribution in [0, 0.1) is 0 Å². The fraction of sp³-hybridized carbons (Fsp3) is 0.263. The highest BCUT2D eigenvalue weighted by Gasteiger charge is 2.15. The molecule has 138 valence electrons. The molecular weight excluding hydrogens is 354 g/mol. The normalized spacial score (nSPS) is 10.1. The van der Waals surface area contributed by atoms with Crippen LogP contribution in [0.5, 0.6) is 11.5 Å². The third-order valence-electron chi connectivity index (χ3n) is 3.61. The van der Waals surface area contributed by atoms with Crippen LogP contribution in [0.3, 0.4) is 0 Å². The van der Waals surface area contributed by atoms with Gasteiger partial charge in [0.2, 0.25) is 0 Å².